The Kier molecular flexibility index (Phi) is 5.86. The summed E-state index contributed by atoms with van der Waals surface area (Å²) in [5, 5.41) is 0. The molecule has 0 spiro atoms. The lowest BCUT2D eigenvalue weighted by Crippen LogP contribution is -3.62. The normalized spacial score (nSPS) is 11.5. The van der Waals surface area contributed by atoms with Gasteiger partial charge in [-0.05, 0) is 19.9 Å². The van der Waals surface area contributed by atoms with E-state index in [4.69, 9.17) is 5.73 Å². The van der Waals surface area contributed by atoms with Crippen LogP contribution in [-0.2, 0) is 0 Å². The van der Waals surface area contributed by atoms with Crippen molar-refractivity contribution in [1.29, 1.82) is 0 Å². The minimum atomic E-state index is 0.298. The van der Waals surface area contributed by atoms with Crippen LogP contribution in [0, 0.1) is 0 Å². The van der Waals surface area contributed by atoms with Crippen LogP contribution in [0.4, 0.5) is 0 Å². The third-order valence-corrected chi connectivity index (χ3v) is 2.91. The Morgan fingerprint density at radius 3 is 2.62 bits per heavy atom. The molecule has 48 valence electrons. The van der Waals surface area contributed by atoms with Gasteiger partial charge in [0.2, 0.25) is 0 Å². The van der Waals surface area contributed by atoms with Crippen LogP contribution in [0.1, 0.15) is 13.8 Å². The number of hydrogen-bond donors (Lipinski definition) is 1. The molecule has 1 nitrogen and oxygen atoms in total. The number of hydrogen-bond acceptors (Lipinski definition) is 1. The van der Waals surface area contributed by atoms with Gasteiger partial charge in [-0.2, -0.15) is 0 Å². The highest BCUT2D eigenvalue weighted by Crippen LogP contribution is 1.55. The van der Waals surface area contributed by atoms with Gasteiger partial charge in [-0.25, -0.2) is 0 Å². The maximum absolute atomic E-state index is 5.25. The predicted molar refractivity (Wildman–Crippen MR) is 33.3 cm³/mol. The van der Waals surface area contributed by atoms with Gasteiger partial charge in [-0.15, -0.1) is 0 Å². The van der Waals surface area contributed by atoms with E-state index in [1.54, 1.807) is 0 Å². The molecule has 0 atom stereocenters. The molecule has 0 heterocycles. The zero-order valence-electron chi connectivity index (χ0n) is 5.39. The van der Waals surface area contributed by atoms with Crippen molar-refractivity contribution in [2.24, 2.45) is 5.73 Å². The Labute approximate surface area is 61.6 Å². The van der Waals surface area contributed by atoms with Crippen molar-refractivity contribution in [2.75, 3.05) is 6.54 Å². The second-order valence-electron chi connectivity index (χ2n) is 1.74. The number of nitrogens with two attached hydrogens (primary N) is 1. The minimum absolute atomic E-state index is 0.298. The molecule has 0 saturated heterocycles. The third-order valence-electron chi connectivity index (χ3n) is 0.550. The van der Waals surface area contributed by atoms with Crippen molar-refractivity contribution in [1.82, 2.24) is 0 Å². The Bertz CT molecular complexity index is 68.9. The van der Waals surface area contributed by atoms with Crippen LogP contribution in [0.5, 0.6) is 0 Å². The van der Waals surface area contributed by atoms with E-state index in [9.17, 15) is 0 Å². The van der Waals surface area contributed by atoms with Gasteiger partial charge in [0.05, 0.1) is 0 Å². The zero-order valence-corrected chi connectivity index (χ0v) is 7.55. The van der Waals surface area contributed by atoms with E-state index in [1.165, 1.54) is 0 Å². The standard InChI is InChI=1S/C6H13IN/c1-6(2)7-4-3-5-8/h3-4,6H,5,8H2,1-2H3/q+1/b4-3-. The highest BCUT2D eigenvalue weighted by molar-refractivity contribution is 4.71. The molecule has 0 fully saturated rings. The molecule has 0 aromatic rings. The lowest BCUT2D eigenvalue weighted by molar-refractivity contribution is -0.619. The molecule has 0 aliphatic heterocycles. The molecule has 2 heteroatoms. The van der Waals surface area contributed by atoms with Crippen LogP contribution in [0.25, 0.3) is 0 Å². The summed E-state index contributed by atoms with van der Waals surface area (Å²) in [6.07, 6.45) is 2.05. The van der Waals surface area contributed by atoms with Crippen LogP contribution >= 0.6 is 0 Å². The highest BCUT2D eigenvalue weighted by atomic mass is 127. The van der Waals surface area contributed by atoms with Crippen molar-refractivity contribution in [2.45, 2.75) is 17.8 Å². The first-order valence-corrected chi connectivity index (χ1v) is 5.23. The fourth-order valence-electron chi connectivity index (χ4n) is 0.248. The van der Waals surface area contributed by atoms with Gasteiger partial charge in [-0.3, -0.25) is 0 Å². The first-order valence-electron chi connectivity index (χ1n) is 2.74. The summed E-state index contributed by atoms with van der Waals surface area (Å²) in [5.41, 5.74) is 5.25. The summed E-state index contributed by atoms with van der Waals surface area (Å²) in [4.78, 5) is 0. The Hall–Kier alpha value is 0.430. The van der Waals surface area contributed by atoms with E-state index in [1.807, 2.05) is 6.08 Å². The van der Waals surface area contributed by atoms with Gasteiger partial charge in [-0.1, -0.05) is 0 Å². The summed E-state index contributed by atoms with van der Waals surface area (Å²) < 4.78 is 3.11. The molecule has 0 aromatic heterocycles. The van der Waals surface area contributed by atoms with Crippen molar-refractivity contribution in [3.8, 4) is 0 Å². The van der Waals surface area contributed by atoms with Gasteiger partial charge >= 0.3 is 21.2 Å². The highest BCUT2D eigenvalue weighted by Gasteiger charge is 2.05. The van der Waals surface area contributed by atoms with Gasteiger partial charge < -0.3 is 5.73 Å². The Balaban J connectivity index is 3.03. The molecule has 0 amide bonds. The minimum Gasteiger partial charge on any atom is -0.327 e. The molecule has 0 aliphatic carbocycles. The van der Waals surface area contributed by atoms with Crippen molar-refractivity contribution < 1.29 is 21.2 Å². The lowest BCUT2D eigenvalue weighted by Gasteiger charge is -1.76. The van der Waals surface area contributed by atoms with Gasteiger partial charge in [0.25, 0.3) is 0 Å². The quantitative estimate of drug-likeness (QED) is 0.435. The summed E-state index contributed by atoms with van der Waals surface area (Å²) >= 11 is 0.298. The van der Waals surface area contributed by atoms with E-state index in [0.717, 1.165) is 3.92 Å². The molecule has 0 saturated carbocycles. The van der Waals surface area contributed by atoms with E-state index in [0.29, 0.717) is 27.7 Å². The van der Waals surface area contributed by atoms with Crippen LogP contribution < -0.4 is 26.9 Å². The summed E-state index contributed by atoms with van der Waals surface area (Å²) in [5.74, 6) is 0. The monoisotopic (exact) mass is 226 g/mol. The zero-order chi connectivity index (χ0) is 6.41. The molecule has 0 aliphatic rings. The number of halogens is 1. The Morgan fingerprint density at radius 2 is 2.25 bits per heavy atom. The molecule has 0 bridgehead atoms. The van der Waals surface area contributed by atoms with Crippen LogP contribution in [-0.4, -0.2) is 10.5 Å². The molecular formula is C6H13IN+. The maximum atomic E-state index is 5.25. The van der Waals surface area contributed by atoms with E-state index in [2.05, 4.69) is 17.9 Å². The van der Waals surface area contributed by atoms with Crippen molar-refractivity contribution >= 4 is 0 Å². The molecule has 8 heavy (non-hydrogen) atoms. The fraction of sp³-hybridized carbons (Fsp3) is 0.667. The van der Waals surface area contributed by atoms with Crippen LogP contribution in [0.3, 0.4) is 0 Å². The molecular weight excluding hydrogens is 213 g/mol. The largest absolute Gasteiger partial charge is 0.327 e. The van der Waals surface area contributed by atoms with Crippen molar-refractivity contribution in [3.05, 3.63) is 10.2 Å². The average molecular weight is 226 g/mol. The summed E-state index contributed by atoms with van der Waals surface area (Å²) in [7, 11) is 0. The lowest BCUT2D eigenvalue weighted by atomic mass is 10.6. The van der Waals surface area contributed by atoms with E-state index in [-0.39, 0.29) is 0 Å². The number of alkyl halides is 1. The topological polar surface area (TPSA) is 26.0 Å². The smallest absolute Gasteiger partial charge is 0.307 e. The first kappa shape index (κ1) is 8.43. The summed E-state index contributed by atoms with van der Waals surface area (Å²) in [6, 6.07) is 0. The third kappa shape index (κ3) is 6.43. The maximum Gasteiger partial charge on any atom is 0.307 e. The molecule has 2 N–H and O–H groups in total. The fourth-order valence-corrected chi connectivity index (χ4v) is 1.67. The molecule has 0 aromatic carbocycles. The van der Waals surface area contributed by atoms with Gasteiger partial charge in [0.1, 0.15) is 0 Å². The second kappa shape index (κ2) is 5.56. The number of rotatable bonds is 3. The molecule has 0 rings (SSSR count). The molecule has 0 unspecified atom stereocenters. The van der Waals surface area contributed by atoms with Gasteiger partial charge in [0, 0.05) is 6.54 Å². The van der Waals surface area contributed by atoms with E-state index >= 15 is 0 Å². The average Bonchev–Trinajstić information content (AvgIpc) is 1.66. The van der Waals surface area contributed by atoms with Crippen LogP contribution in [0.2, 0.25) is 0 Å². The predicted octanol–water partition coefficient (Wildman–Crippen LogP) is -2.04. The first-order chi connectivity index (χ1) is 3.77. The summed E-state index contributed by atoms with van der Waals surface area (Å²) in [6.45, 7) is 5.19. The molecule has 0 radical (unpaired) electrons. The van der Waals surface area contributed by atoms with Crippen LogP contribution in [0.15, 0.2) is 10.2 Å². The Morgan fingerprint density at radius 1 is 1.62 bits per heavy atom. The second-order valence-corrected chi connectivity index (χ2v) is 5.67. The van der Waals surface area contributed by atoms with Gasteiger partial charge in [0.15, 0.2) is 8.01 Å². The van der Waals surface area contributed by atoms with Crippen molar-refractivity contribution in [3.63, 3.8) is 0 Å². The SMILES string of the molecule is CC(C)[I+]/C=C\CN. The van der Waals surface area contributed by atoms with E-state index < -0.39 is 0 Å².